The van der Waals surface area contributed by atoms with Gasteiger partial charge in [-0.05, 0) is 49.1 Å². The normalized spacial score (nSPS) is 13.8. The van der Waals surface area contributed by atoms with Crippen LogP contribution in [0, 0.1) is 0 Å². The first-order valence-electron chi connectivity index (χ1n) is 10.6. The lowest BCUT2D eigenvalue weighted by Gasteiger charge is -2.22. The molecule has 150 valence electrons. The maximum atomic E-state index is 4.08. The second kappa shape index (κ2) is 11.8. The van der Waals surface area contributed by atoms with Gasteiger partial charge in [-0.3, -0.25) is 0 Å². The van der Waals surface area contributed by atoms with Crippen LogP contribution in [-0.2, 0) is 5.41 Å². The molecular formula is C26H41N. The van der Waals surface area contributed by atoms with Crippen molar-refractivity contribution in [2.45, 2.75) is 85.0 Å². The second-order valence-electron chi connectivity index (χ2n) is 8.56. The quantitative estimate of drug-likeness (QED) is 0.396. The number of nitrogens with one attached hydrogen (secondary N) is 1. The molecule has 0 spiro atoms. The number of benzene rings is 1. The standard InChI is InChI=1S/C26H41N/c1-8-13-21(3)25(15-12-10-11-14-22(4)27-20-9-2)23-16-18-24(19-17-23)26(5,6)7/h10-11,13,16-19,25,27H,4,8-9,12,14-15,20H2,1-3,5-7H3/b11-10-,21-13+. The van der Waals surface area contributed by atoms with Crippen molar-refractivity contribution in [3.63, 3.8) is 0 Å². The minimum atomic E-state index is 0.208. The Kier molecular flexibility index (Phi) is 10.2. The van der Waals surface area contributed by atoms with Crippen LogP contribution in [0.15, 0.2) is 60.3 Å². The number of hydrogen-bond acceptors (Lipinski definition) is 1. The van der Waals surface area contributed by atoms with E-state index in [0.717, 1.165) is 44.3 Å². The molecule has 0 saturated carbocycles. The Hall–Kier alpha value is -1.76. The van der Waals surface area contributed by atoms with E-state index >= 15 is 0 Å². The molecule has 0 heterocycles. The molecule has 1 aromatic rings. The van der Waals surface area contributed by atoms with E-state index in [1.54, 1.807) is 0 Å². The Morgan fingerprint density at radius 3 is 2.33 bits per heavy atom. The molecule has 1 unspecified atom stereocenters. The van der Waals surface area contributed by atoms with Gasteiger partial charge in [-0.1, -0.05) is 89.3 Å². The summed E-state index contributed by atoms with van der Waals surface area (Å²) in [5.41, 5.74) is 5.65. The lowest BCUT2D eigenvalue weighted by atomic mass is 9.83. The molecule has 0 aromatic heterocycles. The highest BCUT2D eigenvalue weighted by atomic mass is 14.9. The van der Waals surface area contributed by atoms with Crippen molar-refractivity contribution in [3.8, 4) is 0 Å². The van der Waals surface area contributed by atoms with E-state index in [4.69, 9.17) is 0 Å². The summed E-state index contributed by atoms with van der Waals surface area (Å²) in [5.74, 6) is 0.505. The molecule has 27 heavy (non-hydrogen) atoms. The number of rotatable bonds is 11. The van der Waals surface area contributed by atoms with Crippen LogP contribution >= 0.6 is 0 Å². The Labute approximate surface area is 168 Å². The van der Waals surface area contributed by atoms with E-state index in [1.165, 1.54) is 16.7 Å². The van der Waals surface area contributed by atoms with Gasteiger partial charge in [-0.2, -0.15) is 0 Å². The molecule has 1 aromatic carbocycles. The maximum absolute atomic E-state index is 4.08. The van der Waals surface area contributed by atoms with Crippen molar-refractivity contribution in [2.75, 3.05) is 6.54 Å². The first-order chi connectivity index (χ1) is 12.8. The third-order valence-electron chi connectivity index (χ3n) is 5.03. The van der Waals surface area contributed by atoms with Crippen molar-refractivity contribution in [2.24, 2.45) is 0 Å². The molecule has 0 radical (unpaired) electrons. The van der Waals surface area contributed by atoms with E-state index in [0.29, 0.717) is 5.92 Å². The highest BCUT2D eigenvalue weighted by molar-refractivity contribution is 5.33. The minimum absolute atomic E-state index is 0.208. The molecule has 1 N–H and O–H groups in total. The third-order valence-corrected chi connectivity index (χ3v) is 5.03. The van der Waals surface area contributed by atoms with Gasteiger partial charge in [0.1, 0.15) is 0 Å². The Morgan fingerprint density at radius 2 is 1.78 bits per heavy atom. The molecule has 0 aliphatic carbocycles. The summed E-state index contributed by atoms with van der Waals surface area (Å²) in [4.78, 5) is 0. The van der Waals surface area contributed by atoms with Gasteiger partial charge in [0.15, 0.2) is 0 Å². The van der Waals surface area contributed by atoms with Crippen LogP contribution in [0.4, 0.5) is 0 Å². The SMILES string of the molecule is C=C(C/C=C\CCC(/C(C)=C/CC)c1ccc(C(C)(C)C)cc1)NCCC. The lowest BCUT2D eigenvalue weighted by Crippen LogP contribution is -2.12. The number of hydrogen-bond donors (Lipinski definition) is 1. The van der Waals surface area contributed by atoms with E-state index in [-0.39, 0.29) is 5.41 Å². The van der Waals surface area contributed by atoms with Crippen molar-refractivity contribution < 1.29 is 0 Å². The predicted octanol–water partition coefficient (Wildman–Crippen LogP) is 7.66. The molecular weight excluding hydrogens is 326 g/mol. The molecule has 0 aliphatic rings. The van der Waals surface area contributed by atoms with Gasteiger partial charge in [0.25, 0.3) is 0 Å². The van der Waals surface area contributed by atoms with Crippen molar-refractivity contribution >= 4 is 0 Å². The molecule has 1 heteroatoms. The third kappa shape index (κ3) is 8.65. The average Bonchev–Trinajstić information content (AvgIpc) is 2.62. The topological polar surface area (TPSA) is 12.0 Å². The van der Waals surface area contributed by atoms with Gasteiger partial charge in [0, 0.05) is 24.6 Å². The lowest BCUT2D eigenvalue weighted by molar-refractivity contribution is 0.589. The first kappa shape index (κ1) is 23.3. The van der Waals surface area contributed by atoms with Crippen molar-refractivity contribution in [3.05, 3.63) is 71.5 Å². The van der Waals surface area contributed by atoms with Crippen LogP contribution < -0.4 is 5.32 Å². The monoisotopic (exact) mass is 367 g/mol. The fourth-order valence-corrected chi connectivity index (χ4v) is 3.32. The Balaban J connectivity index is 2.73. The smallest absolute Gasteiger partial charge is 0.0141 e. The zero-order chi connectivity index (χ0) is 20.3. The highest BCUT2D eigenvalue weighted by Gasteiger charge is 2.16. The van der Waals surface area contributed by atoms with Gasteiger partial charge in [0.05, 0.1) is 0 Å². The van der Waals surface area contributed by atoms with E-state index in [2.05, 4.69) is 95.9 Å². The van der Waals surface area contributed by atoms with Gasteiger partial charge in [0.2, 0.25) is 0 Å². The van der Waals surface area contributed by atoms with Crippen LogP contribution in [-0.4, -0.2) is 6.54 Å². The summed E-state index contributed by atoms with van der Waals surface area (Å²) in [6, 6.07) is 9.28. The molecule has 0 bridgehead atoms. The average molecular weight is 368 g/mol. The molecule has 0 amide bonds. The Morgan fingerprint density at radius 1 is 1.11 bits per heavy atom. The van der Waals surface area contributed by atoms with E-state index in [1.807, 2.05) is 0 Å². The summed E-state index contributed by atoms with van der Waals surface area (Å²) in [7, 11) is 0. The van der Waals surface area contributed by atoms with Crippen LogP contribution in [0.1, 0.15) is 90.7 Å². The van der Waals surface area contributed by atoms with E-state index in [9.17, 15) is 0 Å². The van der Waals surface area contributed by atoms with Crippen LogP contribution in [0.5, 0.6) is 0 Å². The van der Waals surface area contributed by atoms with Crippen LogP contribution in [0.2, 0.25) is 0 Å². The summed E-state index contributed by atoms with van der Waals surface area (Å²) in [6.07, 6.45) is 12.4. The van der Waals surface area contributed by atoms with E-state index < -0.39 is 0 Å². The summed E-state index contributed by atoms with van der Waals surface area (Å²) in [5, 5.41) is 3.36. The maximum Gasteiger partial charge on any atom is 0.0141 e. The second-order valence-corrected chi connectivity index (χ2v) is 8.56. The van der Waals surface area contributed by atoms with Gasteiger partial charge in [-0.25, -0.2) is 0 Å². The van der Waals surface area contributed by atoms with Gasteiger partial charge >= 0.3 is 0 Å². The molecule has 1 nitrogen and oxygen atoms in total. The fraction of sp³-hybridized carbons (Fsp3) is 0.538. The first-order valence-corrected chi connectivity index (χ1v) is 10.6. The summed E-state index contributed by atoms with van der Waals surface area (Å²) >= 11 is 0. The zero-order valence-electron chi connectivity index (χ0n) is 18.6. The predicted molar refractivity (Wildman–Crippen MR) is 122 cm³/mol. The van der Waals surface area contributed by atoms with Crippen molar-refractivity contribution in [1.82, 2.24) is 5.32 Å². The molecule has 1 rings (SSSR count). The minimum Gasteiger partial charge on any atom is -0.389 e. The van der Waals surface area contributed by atoms with Crippen LogP contribution in [0.3, 0.4) is 0 Å². The number of allylic oxidation sites excluding steroid dienone is 4. The van der Waals surface area contributed by atoms with Crippen LogP contribution in [0.25, 0.3) is 0 Å². The van der Waals surface area contributed by atoms with Crippen molar-refractivity contribution in [1.29, 1.82) is 0 Å². The Bertz CT molecular complexity index is 611. The highest BCUT2D eigenvalue weighted by Crippen LogP contribution is 2.31. The molecule has 0 aliphatic heterocycles. The summed E-state index contributed by atoms with van der Waals surface area (Å²) < 4.78 is 0. The van der Waals surface area contributed by atoms with Gasteiger partial charge in [-0.15, -0.1) is 0 Å². The molecule has 1 atom stereocenters. The molecule has 0 saturated heterocycles. The summed E-state index contributed by atoms with van der Waals surface area (Å²) in [6.45, 7) is 18.6. The van der Waals surface area contributed by atoms with Gasteiger partial charge < -0.3 is 5.32 Å². The zero-order valence-corrected chi connectivity index (χ0v) is 18.6. The molecule has 0 fully saturated rings. The fourth-order valence-electron chi connectivity index (χ4n) is 3.32. The largest absolute Gasteiger partial charge is 0.389 e.